The Balaban J connectivity index is 2.06. The number of pyridine rings is 1. The Hall–Kier alpha value is -0.940. The molecule has 1 N–H and O–H groups in total. The molecule has 1 saturated carbocycles. The Kier molecular flexibility index (Phi) is 4.02. The van der Waals surface area contributed by atoms with E-state index in [1.54, 1.807) is 25.6 Å². The minimum Gasteiger partial charge on any atom is -0.376 e. The molecule has 0 bridgehead atoms. The topological polar surface area (TPSA) is 51.2 Å². The molecule has 1 heterocycles. The summed E-state index contributed by atoms with van der Waals surface area (Å²) in [5.41, 5.74) is 0.414. The summed E-state index contributed by atoms with van der Waals surface area (Å²) in [7, 11) is 1.71. The van der Waals surface area contributed by atoms with E-state index in [1.165, 1.54) is 0 Å². The van der Waals surface area contributed by atoms with Gasteiger partial charge in [-0.25, -0.2) is 0 Å². The lowest BCUT2D eigenvalue weighted by atomic mass is 9.75. The Morgan fingerprint density at radius 3 is 2.83 bits per heavy atom. The third kappa shape index (κ3) is 2.42. The second-order valence-corrected chi connectivity index (χ2v) is 5.53. The van der Waals surface area contributed by atoms with Crippen LogP contribution in [0.1, 0.15) is 36.5 Å². The molecular weight excluding hydrogens is 296 g/mol. The molecule has 5 heteroatoms. The average molecular weight is 313 g/mol. The van der Waals surface area contributed by atoms with E-state index in [-0.39, 0.29) is 17.6 Å². The van der Waals surface area contributed by atoms with Crippen molar-refractivity contribution in [3.63, 3.8) is 0 Å². The second-order valence-electron chi connectivity index (χ2n) is 4.67. The summed E-state index contributed by atoms with van der Waals surface area (Å²) in [6, 6.07) is 1.70. The van der Waals surface area contributed by atoms with E-state index < -0.39 is 0 Å². The van der Waals surface area contributed by atoms with Crippen LogP contribution in [0.15, 0.2) is 22.9 Å². The van der Waals surface area contributed by atoms with Crippen LogP contribution in [0, 0.1) is 0 Å². The third-order valence-electron chi connectivity index (χ3n) is 3.76. The molecule has 1 aromatic rings. The van der Waals surface area contributed by atoms with E-state index in [1.807, 2.05) is 6.92 Å². The molecule has 1 amide bonds. The lowest BCUT2D eigenvalue weighted by molar-refractivity contribution is -0.0919. The van der Waals surface area contributed by atoms with Crippen molar-refractivity contribution < 1.29 is 9.53 Å². The fourth-order valence-electron chi connectivity index (χ4n) is 2.30. The van der Waals surface area contributed by atoms with Crippen LogP contribution < -0.4 is 5.32 Å². The van der Waals surface area contributed by atoms with E-state index >= 15 is 0 Å². The maximum Gasteiger partial charge on any atom is 0.252 e. The number of ether oxygens (including phenoxy) is 1. The highest BCUT2D eigenvalue weighted by Crippen LogP contribution is 2.38. The molecule has 0 spiro atoms. The van der Waals surface area contributed by atoms with Crippen LogP contribution in [0.4, 0.5) is 0 Å². The van der Waals surface area contributed by atoms with Crippen molar-refractivity contribution in [2.45, 2.75) is 37.8 Å². The minimum atomic E-state index is -0.185. The van der Waals surface area contributed by atoms with Gasteiger partial charge in [-0.05, 0) is 48.2 Å². The first-order valence-electron chi connectivity index (χ1n) is 6.04. The van der Waals surface area contributed by atoms with Crippen molar-refractivity contribution in [2.24, 2.45) is 0 Å². The number of carbonyl (C=O) groups is 1. The molecule has 1 aliphatic rings. The summed E-state index contributed by atoms with van der Waals surface area (Å²) in [6.45, 7) is 2.00. The Morgan fingerprint density at radius 1 is 1.61 bits per heavy atom. The number of aromatic nitrogens is 1. The van der Waals surface area contributed by atoms with Crippen LogP contribution in [-0.2, 0) is 4.74 Å². The first-order chi connectivity index (χ1) is 8.59. The number of halogens is 1. The van der Waals surface area contributed by atoms with Gasteiger partial charge in [-0.15, -0.1) is 0 Å². The number of nitrogens with zero attached hydrogens (tertiary/aromatic N) is 1. The number of nitrogens with one attached hydrogen (secondary N) is 1. The summed E-state index contributed by atoms with van der Waals surface area (Å²) in [5, 5.41) is 3.01. The molecule has 0 saturated heterocycles. The summed E-state index contributed by atoms with van der Waals surface area (Å²) in [6.07, 6.45) is 6.40. The maximum atomic E-state index is 12.2. The van der Waals surface area contributed by atoms with Gasteiger partial charge in [-0.3, -0.25) is 9.78 Å². The second kappa shape index (κ2) is 5.36. The Labute approximate surface area is 115 Å². The average Bonchev–Trinajstić information content (AvgIpc) is 2.28. The SMILES string of the molecule is COC1(C(C)NC(=O)c2ccncc2Br)CCC1. The number of methoxy groups -OCH3 is 1. The molecule has 0 radical (unpaired) electrons. The Morgan fingerprint density at radius 2 is 2.33 bits per heavy atom. The van der Waals surface area contributed by atoms with Crippen LogP contribution in [0.5, 0.6) is 0 Å². The van der Waals surface area contributed by atoms with E-state index in [0.717, 1.165) is 19.3 Å². The van der Waals surface area contributed by atoms with Gasteiger partial charge in [0.15, 0.2) is 0 Å². The molecule has 4 nitrogen and oxygen atoms in total. The number of hydrogen-bond donors (Lipinski definition) is 1. The lowest BCUT2D eigenvalue weighted by Crippen LogP contribution is -2.56. The fourth-order valence-corrected chi connectivity index (χ4v) is 2.73. The molecule has 0 aromatic carbocycles. The zero-order valence-electron chi connectivity index (χ0n) is 10.6. The number of amides is 1. The van der Waals surface area contributed by atoms with Crippen LogP contribution in [0.2, 0.25) is 0 Å². The van der Waals surface area contributed by atoms with Gasteiger partial charge in [0.2, 0.25) is 0 Å². The maximum absolute atomic E-state index is 12.2. The van der Waals surface area contributed by atoms with Crippen molar-refractivity contribution in [1.29, 1.82) is 0 Å². The quantitative estimate of drug-likeness (QED) is 0.929. The van der Waals surface area contributed by atoms with Gasteiger partial charge in [0.05, 0.1) is 17.2 Å². The highest BCUT2D eigenvalue weighted by atomic mass is 79.9. The van der Waals surface area contributed by atoms with Gasteiger partial charge in [0, 0.05) is 24.0 Å². The van der Waals surface area contributed by atoms with Crippen molar-refractivity contribution in [3.8, 4) is 0 Å². The number of hydrogen-bond acceptors (Lipinski definition) is 3. The normalized spacial score (nSPS) is 18.8. The molecule has 1 aliphatic carbocycles. The van der Waals surface area contributed by atoms with Crippen LogP contribution in [0.25, 0.3) is 0 Å². The van der Waals surface area contributed by atoms with Crippen LogP contribution >= 0.6 is 15.9 Å². The van der Waals surface area contributed by atoms with E-state index in [9.17, 15) is 4.79 Å². The van der Waals surface area contributed by atoms with Crippen LogP contribution in [0.3, 0.4) is 0 Å². The summed E-state index contributed by atoms with van der Waals surface area (Å²) in [5.74, 6) is -0.0971. The van der Waals surface area contributed by atoms with E-state index in [4.69, 9.17) is 4.74 Å². The van der Waals surface area contributed by atoms with Gasteiger partial charge in [-0.2, -0.15) is 0 Å². The van der Waals surface area contributed by atoms with E-state index in [0.29, 0.717) is 10.0 Å². The monoisotopic (exact) mass is 312 g/mol. The predicted octanol–water partition coefficient (Wildman–Crippen LogP) is 2.53. The van der Waals surface area contributed by atoms with Gasteiger partial charge in [0.25, 0.3) is 5.91 Å². The molecule has 18 heavy (non-hydrogen) atoms. The van der Waals surface area contributed by atoms with E-state index in [2.05, 4.69) is 26.2 Å². The molecular formula is C13H17BrN2O2. The molecule has 0 aliphatic heterocycles. The number of carbonyl (C=O) groups excluding carboxylic acids is 1. The first-order valence-corrected chi connectivity index (χ1v) is 6.84. The van der Waals surface area contributed by atoms with Gasteiger partial charge in [-0.1, -0.05) is 0 Å². The molecule has 1 atom stereocenters. The number of rotatable bonds is 4. The zero-order valence-corrected chi connectivity index (χ0v) is 12.2. The smallest absolute Gasteiger partial charge is 0.252 e. The van der Waals surface area contributed by atoms with Crippen molar-refractivity contribution in [3.05, 3.63) is 28.5 Å². The van der Waals surface area contributed by atoms with Gasteiger partial charge >= 0.3 is 0 Å². The highest BCUT2D eigenvalue weighted by molar-refractivity contribution is 9.10. The molecule has 1 unspecified atom stereocenters. The highest BCUT2D eigenvalue weighted by Gasteiger charge is 2.42. The fraction of sp³-hybridized carbons (Fsp3) is 0.538. The summed E-state index contributed by atoms with van der Waals surface area (Å²) in [4.78, 5) is 16.1. The first kappa shape index (κ1) is 13.5. The molecule has 98 valence electrons. The standard InChI is InChI=1S/C13H17BrN2O2/c1-9(13(18-2)5-3-6-13)16-12(17)10-4-7-15-8-11(10)14/h4,7-9H,3,5-6H2,1-2H3,(H,16,17). The predicted molar refractivity (Wildman–Crippen MR) is 72.5 cm³/mol. The zero-order chi connectivity index (χ0) is 13.2. The summed E-state index contributed by atoms with van der Waals surface area (Å²) < 4.78 is 6.27. The van der Waals surface area contributed by atoms with Crippen LogP contribution in [-0.4, -0.2) is 29.6 Å². The van der Waals surface area contributed by atoms with Crippen molar-refractivity contribution >= 4 is 21.8 Å². The van der Waals surface area contributed by atoms with Gasteiger partial charge in [0.1, 0.15) is 0 Å². The Bertz CT molecular complexity index is 441. The summed E-state index contributed by atoms with van der Waals surface area (Å²) >= 11 is 3.33. The lowest BCUT2D eigenvalue weighted by Gasteiger charge is -2.45. The third-order valence-corrected chi connectivity index (χ3v) is 4.39. The van der Waals surface area contributed by atoms with Crippen molar-refractivity contribution in [2.75, 3.05) is 7.11 Å². The largest absolute Gasteiger partial charge is 0.376 e. The molecule has 1 fully saturated rings. The van der Waals surface area contributed by atoms with Crippen molar-refractivity contribution in [1.82, 2.24) is 10.3 Å². The minimum absolute atomic E-state index is 0.00353. The molecule has 2 rings (SSSR count). The van der Waals surface area contributed by atoms with Gasteiger partial charge < -0.3 is 10.1 Å². The molecule has 1 aromatic heterocycles.